The largest absolute Gasteiger partial charge is 0.355 e. The van der Waals surface area contributed by atoms with Crippen LogP contribution in [0.4, 0.5) is 5.69 Å². The van der Waals surface area contributed by atoms with Crippen LogP contribution >= 0.6 is 0 Å². The monoisotopic (exact) mass is 392 g/mol. The lowest BCUT2D eigenvalue weighted by Gasteiger charge is -2.11. The van der Waals surface area contributed by atoms with E-state index >= 15 is 0 Å². The molecule has 0 aliphatic heterocycles. The quantitative estimate of drug-likeness (QED) is 0.655. The van der Waals surface area contributed by atoms with Gasteiger partial charge >= 0.3 is 5.69 Å². The molecule has 0 saturated heterocycles. The minimum absolute atomic E-state index is 0.238. The number of nitrogens with zero attached hydrogens (tertiary/aromatic N) is 2. The number of benzene rings is 2. The lowest BCUT2D eigenvalue weighted by molar-refractivity contribution is -0.116. The van der Waals surface area contributed by atoms with E-state index in [1.54, 1.807) is 24.3 Å². The normalized spacial score (nSPS) is 10.4. The molecule has 8 nitrogen and oxygen atoms in total. The molecule has 3 aromatic rings. The molecular weight excluding hydrogens is 372 g/mol. The number of carbonyl (C=O) groups excluding carboxylic acids is 2. The fourth-order valence-corrected chi connectivity index (χ4v) is 2.80. The van der Waals surface area contributed by atoms with Crippen LogP contribution in [0, 0.1) is 0 Å². The van der Waals surface area contributed by atoms with Crippen molar-refractivity contribution in [3.63, 3.8) is 0 Å². The maximum Gasteiger partial charge on any atom is 0.331 e. The van der Waals surface area contributed by atoms with E-state index in [0.29, 0.717) is 17.8 Å². The molecule has 0 unspecified atom stereocenters. The fraction of sp³-hybridized carbons (Fsp3) is 0.143. The van der Waals surface area contributed by atoms with Gasteiger partial charge in [-0.05, 0) is 29.8 Å². The van der Waals surface area contributed by atoms with Crippen LogP contribution < -0.4 is 21.9 Å². The van der Waals surface area contributed by atoms with E-state index in [4.69, 9.17) is 0 Å². The Morgan fingerprint density at radius 2 is 1.62 bits per heavy atom. The molecule has 0 aliphatic rings. The first kappa shape index (κ1) is 19.8. The number of rotatable bonds is 6. The maximum absolute atomic E-state index is 12.6. The second kappa shape index (κ2) is 8.83. The first-order chi connectivity index (χ1) is 14.0. The molecule has 1 heterocycles. The lowest BCUT2D eigenvalue weighted by atomic mass is 10.2. The topological polar surface area (TPSA) is 102 Å². The van der Waals surface area contributed by atoms with E-state index in [0.717, 1.165) is 10.1 Å². The van der Waals surface area contributed by atoms with Crippen LogP contribution in [-0.4, -0.2) is 28.0 Å². The third-order valence-electron chi connectivity index (χ3n) is 4.30. The zero-order valence-corrected chi connectivity index (χ0v) is 15.8. The summed E-state index contributed by atoms with van der Waals surface area (Å²) in [7, 11) is 1.53. The number of nitrogens with one attached hydrogen (secondary N) is 2. The molecule has 0 fully saturated rings. The summed E-state index contributed by atoms with van der Waals surface area (Å²) in [4.78, 5) is 48.6. The van der Waals surface area contributed by atoms with E-state index in [9.17, 15) is 19.2 Å². The number of aromatic nitrogens is 2. The maximum atomic E-state index is 12.6. The van der Waals surface area contributed by atoms with Gasteiger partial charge < -0.3 is 10.6 Å². The predicted molar refractivity (Wildman–Crippen MR) is 109 cm³/mol. The van der Waals surface area contributed by atoms with Gasteiger partial charge in [0.15, 0.2) is 0 Å². The number of hydrogen-bond donors (Lipinski definition) is 2. The Morgan fingerprint density at radius 3 is 2.28 bits per heavy atom. The van der Waals surface area contributed by atoms with Crippen molar-refractivity contribution in [1.29, 1.82) is 0 Å². The third-order valence-corrected chi connectivity index (χ3v) is 4.30. The van der Waals surface area contributed by atoms with Crippen LogP contribution in [0.5, 0.6) is 0 Å². The van der Waals surface area contributed by atoms with E-state index < -0.39 is 23.7 Å². The van der Waals surface area contributed by atoms with Crippen molar-refractivity contribution in [2.24, 2.45) is 0 Å². The molecule has 3 rings (SSSR count). The van der Waals surface area contributed by atoms with Crippen LogP contribution in [0.25, 0.3) is 0 Å². The standard InChI is InChI=1S/C21H20N4O4/c1-22-20(28)16-7-9-17(10-8-16)23-18(26)14-25-19(27)11-12-24(21(25)29)13-15-5-3-2-4-6-15/h2-12H,13-14H2,1H3,(H,22,28)(H,23,26). The number of carbonyl (C=O) groups is 2. The van der Waals surface area contributed by atoms with E-state index in [2.05, 4.69) is 10.6 Å². The molecule has 0 saturated carbocycles. The summed E-state index contributed by atoms with van der Waals surface area (Å²) in [5, 5.41) is 5.13. The summed E-state index contributed by atoms with van der Waals surface area (Å²) in [5.74, 6) is -0.757. The van der Waals surface area contributed by atoms with Crippen LogP contribution in [0.3, 0.4) is 0 Å². The Kier molecular flexibility index (Phi) is 6.03. The van der Waals surface area contributed by atoms with E-state index in [1.165, 1.54) is 23.9 Å². The van der Waals surface area contributed by atoms with Gasteiger partial charge in [-0.1, -0.05) is 30.3 Å². The van der Waals surface area contributed by atoms with Gasteiger partial charge in [0, 0.05) is 30.6 Å². The Bertz CT molecular complexity index is 1130. The van der Waals surface area contributed by atoms with Gasteiger partial charge in [0.25, 0.3) is 11.5 Å². The molecule has 0 spiro atoms. The molecule has 8 heteroatoms. The first-order valence-electron chi connectivity index (χ1n) is 8.94. The van der Waals surface area contributed by atoms with Crippen molar-refractivity contribution in [3.05, 3.63) is 98.8 Å². The van der Waals surface area contributed by atoms with Crippen molar-refractivity contribution < 1.29 is 9.59 Å². The van der Waals surface area contributed by atoms with Gasteiger partial charge in [-0.25, -0.2) is 4.79 Å². The molecule has 0 aliphatic carbocycles. The van der Waals surface area contributed by atoms with Gasteiger partial charge in [0.1, 0.15) is 6.54 Å². The summed E-state index contributed by atoms with van der Waals surface area (Å²) >= 11 is 0. The molecular formula is C21H20N4O4. The van der Waals surface area contributed by atoms with Crippen molar-refractivity contribution in [2.45, 2.75) is 13.1 Å². The van der Waals surface area contributed by atoms with Gasteiger partial charge in [-0.2, -0.15) is 0 Å². The van der Waals surface area contributed by atoms with Crippen molar-refractivity contribution in [1.82, 2.24) is 14.5 Å². The minimum atomic E-state index is -0.563. The highest BCUT2D eigenvalue weighted by molar-refractivity contribution is 5.95. The summed E-state index contributed by atoms with van der Waals surface area (Å²) in [5.41, 5.74) is 0.696. The highest BCUT2D eigenvalue weighted by atomic mass is 16.2. The van der Waals surface area contributed by atoms with Crippen LogP contribution in [0.1, 0.15) is 15.9 Å². The molecule has 29 heavy (non-hydrogen) atoms. The zero-order valence-electron chi connectivity index (χ0n) is 15.8. The molecule has 0 radical (unpaired) electrons. The molecule has 0 atom stereocenters. The molecule has 2 amide bonds. The van der Waals surface area contributed by atoms with Crippen LogP contribution in [0.15, 0.2) is 76.4 Å². The highest BCUT2D eigenvalue weighted by Crippen LogP contribution is 2.09. The van der Waals surface area contributed by atoms with Crippen LogP contribution in [0.2, 0.25) is 0 Å². The van der Waals surface area contributed by atoms with Crippen molar-refractivity contribution in [3.8, 4) is 0 Å². The van der Waals surface area contributed by atoms with Crippen molar-refractivity contribution in [2.75, 3.05) is 12.4 Å². The Morgan fingerprint density at radius 1 is 0.931 bits per heavy atom. The van der Waals surface area contributed by atoms with Crippen molar-refractivity contribution >= 4 is 17.5 Å². The zero-order chi connectivity index (χ0) is 20.8. The smallest absolute Gasteiger partial charge is 0.331 e. The summed E-state index contributed by atoms with van der Waals surface area (Å²) in [6.07, 6.45) is 1.42. The average Bonchev–Trinajstić information content (AvgIpc) is 2.74. The van der Waals surface area contributed by atoms with Gasteiger partial charge in [-0.15, -0.1) is 0 Å². The second-order valence-corrected chi connectivity index (χ2v) is 6.34. The molecule has 2 N–H and O–H groups in total. The predicted octanol–water partition coefficient (Wildman–Crippen LogP) is 1.06. The van der Waals surface area contributed by atoms with Crippen LogP contribution in [-0.2, 0) is 17.9 Å². The van der Waals surface area contributed by atoms with E-state index in [1.807, 2.05) is 30.3 Å². The first-order valence-corrected chi connectivity index (χ1v) is 8.94. The Labute approximate surface area is 166 Å². The minimum Gasteiger partial charge on any atom is -0.355 e. The SMILES string of the molecule is CNC(=O)c1ccc(NC(=O)Cn2c(=O)ccn(Cc3ccccc3)c2=O)cc1. The summed E-state index contributed by atoms with van der Waals surface area (Å²) in [6.45, 7) is -0.118. The van der Waals surface area contributed by atoms with Gasteiger partial charge in [0.2, 0.25) is 5.91 Å². The second-order valence-electron chi connectivity index (χ2n) is 6.34. The van der Waals surface area contributed by atoms with Gasteiger partial charge in [0.05, 0.1) is 6.54 Å². The Balaban J connectivity index is 1.74. The van der Waals surface area contributed by atoms with E-state index in [-0.39, 0.29) is 5.91 Å². The third kappa shape index (κ3) is 4.86. The lowest BCUT2D eigenvalue weighted by Crippen LogP contribution is -2.41. The molecule has 1 aromatic heterocycles. The average molecular weight is 392 g/mol. The number of amides is 2. The molecule has 2 aromatic carbocycles. The molecule has 148 valence electrons. The number of hydrogen-bond acceptors (Lipinski definition) is 4. The van der Waals surface area contributed by atoms with Gasteiger partial charge in [-0.3, -0.25) is 23.5 Å². The molecule has 0 bridgehead atoms. The highest BCUT2D eigenvalue weighted by Gasteiger charge is 2.11. The summed E-state index contributed by atoms with van der Waals surface area (Å²) < 4.78 is 2.26. The number of anilines is 1. The Hall–Kier alpha value is -3.94. The summed E-state index contributed by atoms with van der Waals surface area (Å²) in [6, 6.07) is 16.9. The fourth-order valence-electron chi connectivity index (χ4n) is 2.80.